The summed E-state index contributed by atoms with van der Waals surface area (Å²) in [5.74, 6) is 0.930. The minimum Gasteiger partial charge on any atom is -0.361 e. The quantitative estimate of drug-likeness (QED) is 0.854. The molecule has 2 N–H and O–H groups in total. The van der Waals surface area contributed by atoms with Crippen molar-refractivity contribution in [3.05, 3.63) is 41.8 Å². The van der Waals surface area contributed by atoms with E-state index in [9.17, 15) is 0 Å². The predicted molar refractivity (Wildman–Crippen MR) is 64.1 cm³/mol. The summed E-state index contributed by atoms with van der Waals surface area (Å²) in [5.41, 5.74) is 9.02. The zero-order chi connectivity index (χ0) is 11.4. The molecule has 3 heteroatoms. The maximum atomic E-state index is 5.50. The van der Waals surface area contributed by atoms with Gasteiger partial charge in [-0.05, 0) is 31.0 Å². The molecule has 0 aliphatic carbocycles. The molecule has 1 heterocycles. The van der Waals surface area contributed by atoms with Crippen LogP contribution >= 0.6 is 0 Å². The van der Waals surface area contributed by atoms with Crippen LogP contribution < -0.4 is 5.73 Å². The second kappa shape index (κ2) is 4.94. The Balaban J connectivity index is 2.33. The molecule has 0 atom stereocenters. The first-order valence-electron chi connectivity index (χ1n) is 5.52. The molecule has 0 saturated carbocycles. The van der Waals surface area contributed by atoms with E-state index in [2.05, 4.69) is 24.2 Å². The van der Waals surface area contributed by atoms with Crippen LogP contribution in [0.1, 0.15) is 17.7 Å². The Morgan fingerprint density at radius 3 is 2.81 bits per heavy atom. The van der Waals surface area contributed by atoms with Gasteiger partial charge in [-0.2, -0.15) is 0 Å². The fourth-order valence-electron chi connectivity index (χ4n) is 1.80. The third-order valence-electron chi connectivity index (χ3n) is 2.69. The number of nitrogens with two attached hydrogens (primary N) is 1. The molecule has 0 radical (unpaired) electrons. The molecule has 2 rings (SSSR count). The first kappa shape index (κ1) is 10.9. The van der Waals surface area contributed by atoms with Gasteiger partial charge in [0.25, 0.3) is 0 Å². The van der Waals surface area contributed by atoms with Gasteiger partial charge in [-0.3, -0.25) is 0 Å². The van der Waals surface area contributed by atoms with Crippen LogP contribution in [0.15, 0.2) is 35.0 Å². The largest absolute Gasteiger partial charge is 0.361 e. The molecule has 0 spiro atoms. The highest BCUT2D eigenvalue weighted by Crippen LogP contribution is 2.27. The van der Waals surface area contributed by atoms with Gasteiger partial charge < -0.3 is 10.3 Å². The molecule has 0 aliphatic heterocycles. The molecule has 1 aromatic carbocycles. The highest BCUT2D eigenvalue weighted by Gasteiger charge is 2.11. The van der Waals surface area contributed by atoms with Crippen molar-refractivity contribution >= 4 is 0 Å². The van der Waals surface area contributed by atoms with Crippen molar-refractivity contribution in [2.24, 2.45) is 5.73 Å². The van der Waals surface area contributed by atoms with Crippen LogP contribution in [0.25, 0.3) is 11.1 Å². The highest BCUT2D eigenvalue weighted by molar-refractivity contribution is 5.67. The van der Waals surface area contributed by atoms with Crippen molar-refractivity contribution in [3.63, 3.8) is 0 Å². The van der Waals surface area contributed by atoms with Gasteiger partial charge in [0, 0.05) is 12.0 Å². The van der Waals surface area contributed by atoms with E-state index in [4.69, 9.17) is 10.3 Å². The molecule has 1 aromatic heterocycles. The van der Waals surface area contributed by atoms with Crippen molar-refractivity contribution in [1.29, 1.82) is 0 Å². The molecular weight excluding hydrogens is 200 g/mol. The van der Waals surface area contributed by atoms with Crippen LogP contribution in [-0.4, -0.2) is 11.7 Å². The Kier molecular flexibility index (Phi) is 3.37. The van der Waals surface area contributed by atoms with Gasteiger partial charge in [0.15, 0.2) is 0 Å². The monoisotopic (exact) mass is 216 g/mol. The zero-order valence-electron chi connectivity index (χ0n) is 9.44. The zero-order valence-corrected chi connectivity index (χ0v) is 9.44. The average molecular weight is 216 g/mol. The Morgan fingerprint density at radius 2 is 2.06 bits per heavy atom. The van der Waals surface area contributed by atoms with Crippen LogP contribution in [-0.2, 0) is 6.42 Å². The number of aromatic nitrogens is 1. The maximum absolute atomic E-state index is 5.50. The van der Waals surface area contributed by atoms with Crippen molar-refractivity contribution in [3.8, 4) is 11.1 Å². The van der Waals surface area contributed by atoms with Crippen molar-refractivity contribution < 1.29 is 4.52 Å². The molecule has 16 heavy (non-hydrogen) atoms. The summed E-state index contributed by atoms with van der Waals surface area (Å²) < 4.78 is 5.27. The second-order valence-electron chi connectivity index (χ2n) is 3.87. The average Bonchev–Trinajstić information content (AvgIpc) is 2.75. The summed E-state index contributed by atoms with van der Waals surface area (Å²) in [5, 5.41) is 3.88. The van der Waals surface area contributed by atoms with E-state index in [0.29, 0.717) is 6.54 Å². The molecule has 0 saturated heterocycles. The lowest BCUT2D eigenvalue weighted by molar-refractivity contribution is 0.382. The van der Waals surface area contributed by atoms with Crippen LogP contribution in [0, 0.1) is 6.92 Å². The number of rotatable bonds is 4. The van der Waals surface area contributed by atoms with E-state index in [-0.39, 0.29) is 0 Å². The summed E-state index contributed by atoms with van der Waals surface area (Å²) in [7, 11) is 0. The number of aryl methyl sites for hydroxylation is 2. The van der Waals surface area contributed by atoms with Crippen molar-refractivity contribution in [1.82, 2.24) is 5.16 Å². The van der Waals surface area contributed by atoms with Crippen molar-refractivity contribution in [2.75, 3.05) is 6.54 Å². The molecule has 0 amide bonds. The number of hydrogen-bond acceptors (Lipinski definition) is 3. The first-order valence-corrected chi connectivity index (χ1v) is 5.52. The number of nitrogens with zero attached hydrogens (tertiary/aromatic N) is 1. The third kappa shape index (κ3) is 2.14. The molecule has 84 valence electrons. The van der Waals surface area contributed by atoms with Gasteiger partial charge in [-0.1, -0.05) is 29.4 Å². The van der Waals surface area contributed by atoms with E-state index in [0.717, 1.165) is 24.2 Å². The summed E-state index contributed by atoms with van der Waals surface area (Å²) >= 11 is 0. The lowest BCUT2D eigenvalue weighted by atomic mass is 10.00. The summed E-state index contributed by atoms with van der Waals surface area (Å²) in [6.45, 7) is 2.77. The molecular formula is C13H16N2O. The number of hydrogen-bond donors (Lipinski definition) is 1. The van der Waals surface area contributed by atoms with Gasteiger partial charge in [0.1, 0.15) is 5.76 Å². The Morgan fingerprint density at radius 1 is 1.25 bits per heavy atom. The molecule has 2 aromatic rings. The summed E-state index contributed by atoms with van der Waals surface area (Å²) in [4.78, 5) is 0. The highest BCUT2D eigenvalue weighted by atomic mass is 16.5. The lowest BCUT2D eigenvalue weighted by Gasteiger charge is -2.04. The van der Waals surface area contributed by atoms with Crippen molar-refractivity contribution in [2.45, 2.75) is 19.8 Å². The van der Waals surface area contributed by atoms with E-state index in [1.54, 1.807) is 6.20 Å². The molecule has 0 unspecified atom stereocenters. The standard InChI is InChI=1S/C13H16N2O/c1-10-5-2-3-6-11(10)12-9-15-16-13(12)7-4-8-14/h2-3,5-6,9H,4,7-8,14H2,1H3. The van der Waals surface area contributed by atoms with Gasteiger partial charge in [0.05, 0.1) is 6.20 Å². The van der Waals surface area contributed by atoms with E-state index >= 15 is 0 Å². The second-order valence-corrected chi connectivity index (χ2v) is 3.87. The van der Waals surface area contributed by atoms with Crippen LogP contribution in [0.2, 0.25) is 0 Å². The topological polar surface area (TPSA) is 52.0 Å². The fraction of sp³-hybridized carbons (Fsp3) is 0.308. The van der Waals surface area contributed by atoms with Gasteiger partial charge in [0.2, 0.25) is 0 Å². The lowest BCUT2D eigenvalue weighted by Crippen LogP contribution is -2.00. The minimum atomic E-state index is 0.675. The summed E-state index contributed by atoms with van der Waals surface area (Å²) in [6, 6.07) is 8.25. The van der Waals surface area contributed by atoms with Crippen LogP contribution in [0.5, 0.6) is 0 Å². The number of benzene rings is 1. The van der Waals surface area contributed by atoms with Crippen LogP contribution in [0.4, 0.5) is 0 Å². The Labute approximate surface area is 95.3 Å². The third-order valence-corrected chi connectivity index (χ3v) is 2.69. The van der Waals surface area contributed by atoms with E-state index < -0.39 is 0 Å². The van der Waals surface area contributed by atoms with Gasteiger partial charge >= 0.3 is 0 Å². The normalized spacial score (nSPS) is 10.6. The fourth-order valence-corrected chi connectivity index (χ4v) is 1.80. The first-order chi connectivity index (χ1) is 7.83. The van der Waals surface area contributed by atoms with Gasteiger partial charge in [-0.15, -0.1) is 0 Å². The predicted octanol–water partition coefficient (Wildman–Crippen LogP) is 2.54. The SMILES string of the molecule is Cc1ccccc1-c1cnoc1CCCN. The Bertz CT molecular complexity index is 462. The smallest absolute Gasteiger partial charge is 0.144 e. The van der Waals surface area contributed by atoms with E-state index in [1.807, 2.05) is 12.1 Å². The summed E-state index contributed by atoms with van der Waals surface area (Å²) in [6.07, 6.45) is 3.56. The molecule has 0 bridgehead atoms. The Hall–Kier alpha value is -1.61. The minimum absolute atomic E-state index is 0.675. The maximum Gasteiger partial charge on any atom is 0.144 e. The molecule has 3 nitrogen and oxygen atoms in total. The molecule has 0 aliphatic rings. The molecule has 0 fully saturated rings. The van der Waals surface area contributed by atoms with Crippen LogP contribution in [0.3, 0.4) is 0 Å². The van der Waals surface area contributed by atoms with E-state index in [1.165, 1.54) is 11.1 Å². The van der Waals surface area contributed by atoms with Gasteiger partial charge in [-0.25, -0.2) is 0 Å².